The average Bonchev–Trinajstić information content (AvgIpc) is 2.34. The number of likely N-dealkylation sites (tertiary alicyclic amines) is 1. The standard InChI is InChI=1S/C15H21FN2S/c16-13-7-6-12(14(10-13)15(17)19)11-18-8-4-2-1-3-5-9-18/h6-7,10H,1-5,8-9,11H2,(H2,17,19). The van der Waals surface area contributed by atoms with E-state index >= 15 is 0 Å². The largest absolute Gasteiger partial charge is 0.389 e. The SMILES string of the molecule is NC(=S)c1cc(F)ccc1CN1CCCCCCC1. The van der Waals surface area contributed by atoms with Gasteiger partial charge in [-0.2, -0.15) is 0 Å². The van der Waals surface area contributed by atoms with Crippen molar-refractivity contribution in [2.75, 3.05) is 13.1 Å². The predicted octanol–water partition coefficient (Wildman–Crippen LogP) is 3.23. The Labute approximate surface area is 119 Å². The van der Waals surface area contributed by atoms with Crippen molar-refractivity contribution in [3.63, 3.8) is 0 Å². The summed E-state index contributed by atoms with van der Waals surface area (Å²) in [6.45, 7) is 3.02. The maximum Gasteiger partial charge on any atom is 0.123 e. The maximum atomic E-state index is 13.3. The zero-order chi connectivity index (χ0) is 13.7. The molecule has 0 unspecified atom stereocenters. The van der Waals surface area contributed by atoms with E-state index in [1.165, 1.54) is 44.2 Å². The second kappa shape index (κ2) is 6.96. The molecule has 0 aliphatic carbocycles. The molecule has 0 atom stereocenters. The number of halogens is 1. The predicted molar refractivity (Wildman–Crippen MR) is 80.6 cm³/mol. The second-order valence-corrected chi connectivity index (χ2v) is 5.65. The van der Waals surface area contributed by atoms with Crippen LogP contribution in [0, 0.1) is 5.82 Å². The third-order valence-electron chi connectivity index (χ3n) is 3.68. The summed E-state index contributed by atoms with van der Waals surface area (Å²) in [6.07, 6.45) is 6.44. The van der Waals surface area contributed by atoms with Gasteiger partial charge in [0, 0.05) is 12.1 Å². The number of nitrogens with zero attached hydrogens (tertiary/aromatic N) is 1. The van der Waals surface area contributed by atoms with E-state index in [0.717, 1.165) is 25.2 Å². The molecule has 2 rings (SSSR count). The summed E-state index contributed by atoms with van der Waals surface area (Å²) < 4.78 is 13.3. The topological polar surface area (TPSA) is 29.3 Å². The van der Waals surface area contributed by atoms with Crippen molar-refractivity contribution in [2.24, 2.45) is 5.73 Å². The number of rotatable bonds is 3. The fourth-order valence-corrected chi connectivity index (χ4v) is 2.82. The molecule has 104 valence electrons. The minimum Gasteiger partial charge on any atom is -0.389 e. The highest BCUT2D eigenvalue weighted by molar-refractivity contribution is 7.80. The summed E-state index contributed by atoms with van der Waals surface area (Å²) >= 11 is 5.02. The minimum absolute atomic E-state index is 0.279. The number of thiocarbonyl (C=S) groups is 1. The molecule has 0 saturated carbocycles. The Morgan fingerprint density at radius 3 is 2.42 bits per heavy atom. The van der Waals surface area contributed by atoms with E-state index < -0.39 is 0 Å². The van der Waals surface area contributed by atoms with Crippen molar-refractivity contribution in [2.45, 2.75) is 38.6 Å². The first-order chi connectivity index (χ1) is 9.16. The first kappa shape index (κ1) is 14.4. The molecule has 1 fully saturated rings. The normalized spacial score (nSPS) is 17.7. The summed E-state index contributed by atoms with van der Waals surface area (Å²) in [7, 11) is 0. The smallest absolute Gasteiger partial charge is 0.123 e. The first-order valence-electron chi connectivity index (χ1n) is 6.97. The van der Waals surface area contributed by atoms with Crippen LogP contribution in [0.2, 0.25) is 0 Å². The molecule has 0 bridgehead atoms. The van der Waals surface area contributed by atoms with Gasteiger partial charge in [0.2, 0.25) is 0 Å². The van der Waals surface area contributed by atoms with Crippen LogP contribution < -0.4 is 5.73 Å². The van der Waals surface area contributed by atoms with Crippen molar-refractivity contribution in [3.05, 3.63) is 35.1 Å². The van der Waals surface area contributed by atoms with E-state index in [9.17, 15) is 4.39 Å². The van der Waals surface area contributed by atoms with Crippen molar-refractivity contribution >= 4 is 17.2 Å². The first-order valence-corrected chi connectivity index (χ1v) is 7.38. The van der Waals surface area contributed by atoms with Crippen LogP contribution in [0.1, 0.15) is 43.2 Å². The number of nitrogens with two attached hydrogens (primary N) is 1. The number of benzene rings is 1. The van der Waals surface area contributed by atoms with E-state index in [-0.39, 0.29) is 10.8 Å². The van der Waals surface area contributed by atoms with Gasteiger partial charge in [0.1, 0.15) is 10.8 Å². The maximum absolute atomic E-state index is 13.3. The van der Waals surface area contributed by atoms with Crippen LogP contribution in [0.5, 0.6) is 0 Å². The summed E-state index contributed by atoms with van der Waals surface area (Å²) in [6, 6.07) is 4.74. The summed E-state index contributed by atoms with van der Waals surface area (Å²) in [5.41, 5.74) is 7.41. The molecule has 0 amide bonds. The number of hydrogen-bond donors (Lipinski definition) is 1. The summed E-state index contributed by atoms with van der Waals surface area (Å²) in [5.74, 6) is -0.279. The van der Waals surface area contributed by atoms with Crippen LogP contribution in [0.3, 0.4) is 0 Å². The molecule has 1 aliphatic rings. The molecule has 1 heterocycles. The van der Waals surface area contributed by atoms with Crippen LogP contribution >= 0.6 is 12.2 Å². The quantitative estimate of drug-likeness (QED) is 0.862. The molecule has 1 aromatic rings. The van der Waals surface area contributed by atoms with Gasteiger partial charge in [-0.25, -0.2) is 4.39 Å². The molecular weight excluding hydrogens is 259 g/mol. The molecular formula is C15H21FN2S. The highest BCUT2D eigenvalue weighted by atomic mass is 32.1. The van der Waals surface area contributed by atoms with Crippen molar-refractivity contribution in [1.29, 1.82) is 0 Å². The van der Waals surface area contributed by atoms with Gasteiger partial charge < -0.3 is 5.73 Å². The lowest BCUT2D eigenvalue weighted by Crippen LogP contribution is -2.28. The van der Waals surface area contributed by atoms with Gasteiger partial charge in [-0.1, -0.05) is 37.5 Å². The van der Waals surface area contributed by atoms with Gasteiger partial charge in [0.25, 0.3) is 0 Å². The monoisotopic (exact) mass is 280 g/mol. The van der Waals surface area contributed by atoms with Crippen molar-refractivity contribution < 1.29 is 4.39 Å². The third-order valence-corrected chi connectivity index (χ3v) is 3.90. The van der Waals surface area contributed by atoms with Gasteiger partial charge in [-0.05, 0) is 43.6 Å². The third kappa shape index (κ3) is 4.25. The van der Waals surface area contributed by atoms with Gasteiger partial charge >= 0.3 is 0 Å². The molecule has 4 heteroatoms. The van der Waals surface area contributed by atoms with Crippen LogP contribution in [0.4, 0.5) is 4.39 Å². The Balaban J connectivity index is 2.10. The highest BCUT2D eigenvalue weighted by Crippen LogP contribution is 2.17. The lowest BCUT2D eigenvalue weighted by atomic mass is 10.0. The van der Waals surface area contributed by atoms with Gasteiger partial charge in [-0.3, -0.25) is 4.90 Å². The zero-order valence-corrected chi connectivity index (χ0v) is 12.0. The Hall–Kier alpha value is -1.00. The molecule has 2 nitrogen and oxygen atoms in total. The molecule has 1 saturated heterocycles. The number of hydrogen-bond acceptors (Lipinski definition) is 2. The van der Waals surface area contributed by atoms with E-state index in [2.05, 4.69) is 4.90 Å². The molecule has 0 spiro atoms. The van der Waals surface area contributed by atoms with E-state index in [1.807, 2.05) is 6.07 Å². The molecule has 19 heavy (non-hydrogen) atoms. The second-order valence-electron chi connectivity index (χ2n) is 5.21. The molecule has 0 radical (unpaired) electrons. The van der Waals surface area contributed by atoms with Crippen LogP contribution in [-0.4, -0.2) is 23.0 Å². The van der Waals surface area contributed by atoms with Crippen LogP contribution in [0.15, 0.2) is 18.2 Å². The minimum atomic E-state index is -0.279. The van der Waals surface area contributed by atoms with Crippen molar-refractivity contribution in [3.8, 4) is 0 Å². The molecule has 2 N–H and O–H groups in total. The van der Waals surface area contributed by atoms with Crippen LogP contribution in [0.25, 0.3) is 0 Å². The molecule has 1 aliphatic heterocycles. The van der Waals surface area contributed by atoms with Gasteiger partial charge in [0.15, 0.2) is 0 Å². The van der Waals surface area contributed by atoms with E-state index in [0.29, 0.717) is 5.56 Å². The Bertz CT molecular complexity index is 440. The fraction of sp³-hybridized carbons (Fsp3) is 0.533. The summed E-state index contributed by atoms with van der Waals surface area (Å²) in [5, 5.41) is 0. The van der Waals surface area contributed by atoms with E-state index in [1.54, 1.807) is 0 Å². The van der Waals surface area contributed by atoms with Gasteiger partial charge in [-0.15, -0.1) is 0 Å². The van der Waals surface area contributed by atoms with E-state index in [4.69, 9.17) is 18.0 Å². The fourth-order valence-electron chi connectivity index (χ4n) is 2.63. The van der Waals surface area contributed by atoms with Gasteiger partial charge in [0.05, 0.1) is 0 Å². The Kier molecular flexibility index (Phi) is 5.28. The Morgan fingerprint density at radius 1 is 1.16 bits per heavy atom. The zero-order valence-electron chi connectivity index (χ0n) is 11.2. The molecule has 0 aromatic heterocycles. The highest BCUT2D eigenvalue weighted by Gasteiger charge is 2.13. The lowest BCUT2D eigenvalue weighted by Gasteiger charge is -2.25. The Morgan fingerprint density at radius 2 is 1.79 bits per heavy atom. The van der Waals surface area contributed by atoms with Crippen LogP contribution in [-0.2, 0) is 6.54 Å². The van der Waals surface area contributed by atoms with Crippen molar-refractivity contribution in [1.82, 2.24) is 4.90 Å². The lowest BCUT2D eigenvalue weighted by molar-refractivity contribution is 0.239. The molecule has 1 aromatic carbocycles. The average molecular weight is 280 g/mol. The summed E-state index contributed by atoms with van der Waals surface area (Å²) in [4.78, 5) is 2.70.